The van der Waals surface area contributed by atoms with E-state index in [-0.39, 0.29) is 5.91 Å². The second-order valence-electron chi connectivity index (χ2n) is 8.57. The van der Waals surface area contributed by atoms with Crippen molar-refractivity contribution in [1.29, 1.82) is 0 Å². The molecule has 1 N–H and O–H groups in total. The zero-order valence-corrected chi connectivity index (χ0v) is 19.3. The van der Waals surface area contributed by atoms with Crippen LogP contribution in [-0.4, -0.2) is 70.8 Å². The van der Waals surface area contributed by atoms with Gasteiger partial charge in [-0.1, -0.05) is 48.9 Å². The molecule has 1 unspecified atom stereocenters. The second kappa shape index (κ2) is 10.1. The minimum Gasteiger partial charge on any atom is -0.350 e. The van der Waals surface area contributed by atoms with Crippen molar-refractivity contribution in [2.24, 2.45) is 0 Å². The highest BCUT2D eigenvalue weighted by Crippen LogP contribution is 2.24. The molecule has 1 fully saturated rings. The SMILES string of the molecule is CCN1CCN(C(C)CNC(=O)c2cn(-c3ccccc3)nc2-c2cccc(C)c2)CC1. The Morgan fingerprint density at radius 2 is 1.81 bits per heavy atom. The molecule has 1 atom stereocenters. The number of rotatable bonds is 7. The Morgan fingerprint density at radius 1 is 1.06 bits per heavy atom. The number of nitrogens with one attached hydrogen (secondary N) is 1. The Kier molecular flexibility index (Phi) is 7.02. The van der Waals surface area contributed by atoms with Crippen LogP contribution in [0, 0.1) is 6.92 Å². The molecule has 2 aromatic carbocycles. The van der Waals surface area contributed by atoms with Crippen molar-refractivity contribution in [3.63, 3.8) is 0 Å². The second-order valence-corrected chi connectivity index (χ2v) is 8.57. The van der Waals surface area contributed by atoms with Crippen molar-refractivity contribution in [2.45, 2.75) is 26.8 Å². The summed E-state index contributed by atoms with van der Waals surface area (Å²) in [6.45, 7) is 12.5. The number of hydrogen-bond acceptors (Lipinski definition) is 4. The molecular weight excluding hydrogens is 398 g/mol. The third kappa shape index (κ3) is 5.09. The van der Waals surface area contributed by atoms with E-state index in [0.717, 1.165) is 49.5 Å². The fourth-order valence-corrected chi connectivity index (χ4v) is 4.24. The van der Waals surface area contributed by atoms with E-state index < -0.39 is 0 Å². The summed E-state index contributed by atoms with van der Waals surface area (Å²) in [5.74, 6) is -0.0808. The molecule has 0 radical (unpaired) electrons. The van der Waals surface area contributed by atoms with Crippen molar-refractivity contribution in [1.82, 2.24) is 24.9 Å². The van der Waals surface area contributed by atoms with Crippen molar-refractivity contribution in [3.05, 3.63) is 71.9 Å². The quantitative estimate of drug-likeness (QED) is 0.621. The van der Waals surface area contributed by atoms with Gasteiger partial charge in [0.2, 0.25) is 0 Å². The van der Waals surface area contributed by atoms with Crippen LogP contribution in [0.3, 0.4) is 0 Å². The summed E-state index contributed by atoms with van der Waals surface area (Å²) in [4.78, 5) is 18.2. The number of likely N-dealkylation sites (N-methyl/N-ethyl adjacent to an activating group) is 1. The summed E-state index contributed by atoms with van der Waals surface area (Å²) >= 11 is 0. The standard InChI is InChI=1S/C26H33N5O/c1-4-29-13-15-30(16-14-29)21(3)18-27-26(32)24-19-31(23-11-6-5-7-12-23)28-25(24)22-10-8-9-20(2)17-22/h5-12,17,19,21H,4,13-16,18H2,1-3H3,(H,27,32). The van der Waals surface area contributed by atoms with Gasteiger partial charge in [-0.25, -0.2) is 4.68 Å². The molecule has 0 spiro atoms. The molecule has 1 amide bonds. The van der Waals surface area contributed by atoms with E-state index in [4.69, 9.17) is 5.10 Å². The number of hydrogen-bond donors (Lipinski definition) is 1. The Hall–Kier alpha value is -2.96. The number of piperazine rings is 1. The third-order valence-corrected chi connectivity index (χ3v) is 6.31. The molecule has 1 saturated heterocycles. The number of benzene rings is 2. The first-order chi connectivity index (χ1) is 15.5. The van der Waals surface area contributed by atoms with E-state index in [1.807, 2.05) is 48.7 Å². The molecule has 0 bridgehead atoms. The molecule has 0 aliphatic carbocycles. The minimum atomic E-state index is -0.0808. The van der Waals surface area contributed by atoms with E-state index in [1.165, 1.54) is 0 Å². The summed E-state index contributed by atoms with van der Waals surface area (Å²) in [6.07, 6.45) is 1.84. The van der Waals surface area contributed by atoms with Crippen molar-refractivity contribution in [2.75, 3.05) is 39.3 Å². The van der Waals surface area contributed by atoms with E-state index in [1.54, 1.807) is 4.68 Å². The molecule has 3 aromatic rings. The molecule has 0 saturated carbocycles. The van der Waals surface area contributed by atoms with Gasteiger partial charge in [-0.2, -0.15) is 5.10 Å². The molecule has 6 heteroatoms. The Balaban J connectivity index is 1.52. The lowest BCUT2D eigenvalue weighted by Crippen LogP contribution is -2.52. The number of carbonyl (C=O) groups is 1. The Labute approximate surface area is 190 Å². The number of aromatic nitrogens is 2. The smallest absolute Gasteiger partial charge is 0.255 e. The van der Waals surface area contributed by atoms with Gasteiger partial charge in [0, 0.05) is 50.5 Å². The normalized spacial score (nSPS) is 16.1. The lowest BCUT2D eigenvalue weighted by atomic mass is 10.1. The van der Waals surface area contributed by atoms with E-state index in [2.05, 4.69) is 48.0 Å². The van der Waals surface area contributed by atoms with Crippen molar-refractivity contribution < 1.29 is 4.79 Å². The summed E-state index contributed by atoms with van der Waals surface area (Å²) in [5.41, 5.74) is 4.33. The van der Waals surface area contributed by atoms with Crippen LogP contribution in [0.25, 0.3) is 16.9 Å². The highest BCUT2D eigenvalue weighted by atomic mass is 16.1. The predicted octanol–water partition coefficient (Wildman–Crippen LogP) is 3.60. The summed E-state index contributed by atoms with van der Waals surface area (Å²) in [5, 5.41) is 7.95. The Bertz CT molecular complexity index is 1040. The molecule has 4 rings (SSSR count). The van der Waals surface area contributed by atoms with Crippen LogP contribution in [0.5, 0.6) is 0 Å². The largest absolute Gasteiger partial charge is 0.350 e. The molecule has 168 valence electrons. The van der Waals surface area contributed by atoms with Gasteiger partial charge >= 0.3 is 0 Å². The van der Waals surface area contributed by atoms with Gasteiger partial charge in [0.25, 0.3) is 5.91 Å². The maximum atomic E-state index is 13.3. The Morgan fingerprint density at radius 3 is 2.50 bits per heavy atom. The number of carbonyl (C=O) groups excluding carboxylic acids is 1. The van der Waals surface area contributed by atoms with Crippen LogP contribution < -0.4 is 5.32 Å². The molecule has 1 aliphatic rings. The first-order valence-corrected chi connectivity index (χ1v) is 11.5. The summed E-state index contributed by atoms with van der Waals surface area (Å²) in [7, 11) is 0. The molecule has 6 nitrogen and oxygen atoms in total. The number of amides is 1. The fraction of sp³-hybridized carbons (Fsp3) is 0.385. The number of nitrogens with zero attached hydrogens (tertiary/aromatic N) is 4. The van der Waals surface area contributed by atoms with E-state index in [9.17, 15) is 4.79 Å². The third-order valence-electron chi connectivity index (χ3n) is 6.31. The lowest BCUT2D eigenvalue weighted by molar-refractivity contribution is 0.0883. The first kappa shape index (κ1) is 22.2. The zero-order chi connectivity index (χ0) is 22.5. The first-order valence-electron chi connectivity index (χ1n) is 11.5. The monoisotopic (exact) mass is 431 g/mol. The molecule has 2 heterocycles. The van der Waals surface area contributed by atoms with Crippen molar-refractivity contribution in [3.8, 4) is 16.9 Å². The average Bonchev–Trinajstić information content (AvgIpc) is 3.29. The van der Waals surface area contributed by atoms with Crippen LogP contribution in [0.15, 0.2) is 60.8 Å². The number of para-hydroxylation sites is 1. The zero-order valence-electron chi connectivity index (χ0n) is 19.3. The summed E-state index contributed by atoms with van der Waals surface area (Å²) in [6, 6.07) is 18.4. The minimum absolute atomic E-state index is 0.0808. The molecule has 32 heavy (non-hydrogen) atoms. The van der Waals surface area contributed by atoms with Gasteiger partial charge in [0.1, 0.15) is 5.69 Å². The maximum absolute atomic E-state index is 13.3. The van der Waals surface area contributed by atoms with E-state index in [0.29, 0.717) is 23.8 Å². The highest BCUT2D eigenvalue weighted by molar-refractivity contribution is 6.00. The number of aryl methyl sites for hydroxylation is 1. The van der Waals surface area contributed by atoms with Crippen LogP contribution in [0.4, 0.5) is 0 Å². The van der Waals surface area contributed by atoms with Crippen molar-refractivity contribution >= 4 is 5.91 Å². The van der Waals surface area contributed by atoms with Crippen LogP contribution in [-0.2, 0) is 0 Å². The summed E-state index contributed by atoms with van der Waals surface area (Å²) < 4.78 is 1.79. The van der Waals surface area contributed by atoms with Crippen LogP contribution in [0.2, 0.25) is 0 Å². The molecule has 1 aliphatic heterocycles. The lowest BCUT2D eigenvalue weighted by Gasteiger charge is -2.37. The van der Waals surface area contributed by atoms with Gasteiger partial charge in [-0.05, 0) is 38.6 Å². The highest BCUT2D eigenvalue weighted by Gasteiger charge is 2.23. The fourth-order valence-electron chi connectivity index (χ4n) is 4.24. The predicted molar refractivity (Wildman–Crippen MR) is 129 cm³/mol. The van der Waals surface area contributed by atoms with E-state index >= 15 is 0 Å². The molecule has 1 aromatic heterocycles. The topological polar surface area (TPSA) is 53.4 Å². The van der Waals surface area contributed by atoms with Crippen LogP contribution >= 0.6 is 0 Å². The van der Waals surface area contributed by atoms with Crippen LogP contribution in [0.1, 0.15) is 29.8 Å². The van der Waals surface area contributed by atoms with Gasteiger partial charge in [-0.3, -0.25) is 9.69 Å². The maximum Gasteiger partial charge on any atom is 0.255 e. The van der Waals surface area contributed by atoms with Gasteiger partial charge in [0.15, 0.2) is 0 Å². The average molecular weight is 432 g/mol. The van der Waals surface area contributed by atoms with Gasteiger partial charge in [0.05, 0.1) is 11.3 Å². The van der Waals surface area contributed by atoms with Gasteiger partial charge in [-0.15, -0.1) is 0 Å². The molecular formula is C26H33N5O. The van der Waals surface area contributed by atoms with Gasteiger partial charge < -0.3 is 10.2 Å².